The van der Waals surface area contributed by atoms with Gasteiger partial charge in [-0.15, -0.1) is 0 Å². The predicted molar refractivity (Wildman–Crippen MR) is 41.2 cm³/mol. The van der Waals surface area contributed by atoms with Gasteiger partial charge in [-0.05, 0) is 12.8 Å². The van der Waals surface area contributed by atoms with E-state index in [1.165, 1.54) is 0 Å². The normalized spacial score (nSPS) is 29.2. The van der Waals surface area contributed by atoms with Crippen LogP contribution < -0.4 is 0 Å². The molecule has 0 unspecified atom stereocenters. The summed E-state index contributed by atoms with van der Waals surface area (Å²) < 4.78 is 11.0. The number of aliphatic hydroxyl groups excluding tert-OH is 1. The predicted octanol–water partition coefficient (Wildman–Crippen LogP) is 0.910. The molecule has 11 heavy (non-hydrogen) atoms. The Morgan fingerprint density at radius 3 is 2.36 bits per heavy atom. The third-order valence-electron chi connectivity index (χ3n) is 2.19. The van der Waals surface area contributed by atoms with Gasteiger partial charge in [0, 0.05) is 0 Å². The number of hydrogen-bond acceptors (Lipinski definition) is 3. The highest BCUT2D eigenvalue weighted by Gasteiger charge is 2.37. The summed E-state index contributed by atoms with van der Waals surface area (Å²) in [4.78, 5) is 0. The van der Waals surface area contributed by atoms with Crippen molar-refractivity contribution in [2.24, 2.45) is 0 Å². The van der Waals surface area contributed by atoms with Crippen LogP contribution in [0.3, 0.4) is 0 Å². The molecule has 1 N–H and O–H groups in total. The van der Waals surface area contributed by atoms with Crippen LogP contribution in [0, 0.1) is 0 Å². The van der Waals surface area contributed by atoms with E-state index in [0.717, 1.165) is 12.8 Å². The van der Waals surface area contributed by atoms with Gasteiger partial charge in [-0.25, -0.2) is 0 Å². The molecule has 0 aromatic carbocycles. The molecular weight excluding hydrogens is 144 g/mol. The maximum absolute atomic E-state index is 8.78. The van der Waals surface area contributed by atoms with Gasteiger partial charge in [-0.1, -0.05) is 13.8 Å². The van der Waals surface area contributed by atoms with Crippen LogP contribution in [0.1, 0.15) is 26.7 Å². The summed E-state index contributed by atoms with van der Waals surface area (Å²) in [5.74, 6) is -0.409. The van der Waals surface area contributed by atoms with E-state index >= 15 is 0 Å². The van der Waals surface area contributed by atoms with Gasteiger partial charge in [0.25, 0.3) is 0 Å². The number of ether oxygens (including phenoxy) is 2. The van der Waals surface area contributed by atoms with E-state index in [2.05, 4.69) is 0 Å². The van der Waals surface area contributed by atoms with Crippen LogP contribution in [0.15, 0.2) is 0 Å². The smallest absolute Gasteiger partial charge is 0.168 e. The molecule has 1 aliphatic rings. The standard InChI is InChI=1S/C8H16O3/c1-3-8(4-2)10-6-7(5-9)11-8/h7,9H,3-6H2,1-2H3/t7-/m1/s1. The zero-order valence-electron chi connectivity index (χ0n) is 7.17. The Hall–Kier alpha value is -0.120. The van der Waals surface area contributed by atoms with E-state index < -0.39 is 5.79 Å². The Balaban J connectivity index is 2.48. The monoisotopic (exact) mass is 160 g/mol. The summed E-state index contributed by atoms with van der Waals surface area (Å²) in [5, 5.41) is 8.78. The molecule has 0 amide bonds. The summed E-state index contributed by atoms with van der Waals surface area (Å²) in [5.41, 5.74) is 0. The zero-order chi connectivity index (χ0) is 8.32. The van der Waals surface area contributed by atoms with Crippen LogP contribution in [-0.4, -0.2) is 30.2 Å². The molecule has 1 saturated heterocycles. The molecule has 1 heterocycles. The van der Waals surface area contributed by atoms with E-state index in [-0.39, 0.29) is 12.7 Å². The maximum atomic E-state index is 8.78. The van der Waals surface area contributed by atoms with Gasteiger partial charge in [-0.3, -0.25) is 0 Å². The molecule has 1 rings (SSSR count). The van der Waals surface area contributed by atoms with Crippen LogP contribution in [0.25, 0.3) is 0 Å². The molecular formula is C8H16O3. The fourth-order valence-corrected chi connectivity index (χ4v) is 1.33. The lowest BCUT2D eigenvalue weighted by atomic mass is 10.1. The van der Waals surface area contributed by atoms with Crippen molar-refractivity contribution in [1.82, 2.24) is 0 Å². The first kappa shape index (κ1) is 8.97. The van der Waals surface area contributed by atoms with Crippen molar-refractivity contribution in [2.75, 3.05) is 13.2 Å². The van der Waals surface area contributed by atoms with Crippen molar-refractivity contribution in [1.29, 1.82) is 0 Å². The minimum atomic E-state index is -0.409. The molecule has 1 aliphatic heterocycles. The van der Waals surface area contributed by atoms with Crippen molar-refractivity contribution in [2.45, 2.75) is 38.6 Å². The van der Waals surface area contributed by atoms with E-state index in [1.54, 1.807) is 0 Å². The fourth-order valence-electron chi connectivity index (χ4n) is 1.33. The summed E-state index contributed by atoms with van der Waals surface area (Å²) in [6.45, 7) is 4.65. The van der Waals surface area contributed by atoms with Crippen molar-refractivity contribution in [3.05, 3.63) is 0 Å². The summed E-state index contributed by atoms with van der Waals surface area (Å²) in [7, 11) is 0. The minimum absolute atomic E-state index is 0.0573. The second-order valence-electron chi connectivity index (χ2n) is 2.85. The largest absolute Gasteiger partial charge is 0.394 e. The number of hydrogen-bond donors (Lipinski definition) is 1. The number of aliphatic hydroxyl groups is 1. The quantitative estimate of drug-likeness (QED) is 0.667. The van der Waals surface area contributed by atoms with Crippen LogP contribution in [0.2, 0.25) is 0 Å². The molecule has 3 nitrogen and oxygen atoms in total. The first-order chi connectivity index (χ1) is 5.26. The lowest BCUT2D eigenvalue weighted by Crippen LogP contribution is -2.29. The van der Waals surface area contributed by atoms with E-state index in [0.29, 0.717) is 6.61 Å². The van der Waals surface area contributed by atoms with Crippen molar-refractivity contribution in [3.8, 4) is 0 Å². The van der Waals surface area contributed by atoms with Gasteiger partial charge in [-0.2, -0.15) is 0 Å². The SMILES string of the molecule is CCC1(CC)OC[C@@H](CO)O1. The van der Waals surface area contributed by atoms with Gasteiger partial charge >= 0.3 is 0 Å². The molecule has 0 radical (unpaired) electrons. The highest BCUT2D eigenvalue weighted by atomic mass is 16.7. The Bertz CT molecular complexity index is 121. The van der Waals surface area contributed by atoms with Crippen LogP contribution >= 0.6 is 0 Å². The number of rotatable bonds is 3. The minimum Gasteiger partial charge on any atom is -0.394 e. The average Bonchev–Trinajstić information content (AvgIpc) is 2.49. The van der Waals surface area contributed by atoms with E-state index in [4.69, 9.17) is 14.6 Å². The van der Waals surface area contributed by atoms with E-state index in [9.17, 15) is 0 Å². The zero-order valence-corrected chi connectivity index (χ0v) is 7.17. The second-order valence-corrected chi connectivity index (χ2v) is 2.85. The van der Waals surface area contributed by atoms with E-state index in [1.807, 2.05) is 13.8 Å². The first-order valence-corrected chi connectivity index (χ1v) is 4.19. The van der Waals surface area contributed by atoms with Gasteiger partial charge in [0.15, 0.2) is 5.79 Å². The maximum Gasteiger partial charge on any atom is 0.168 e. The molecule has 3 heteroatoms. The van der Waals surface area contributed by atoms with Gasteiger partial charge in [0.05, 0.1) is 13.2 Å². The Morgan fingerprint density at radius 1 is 1.45 bits per heavy atom. The molecule has 0 bridgehead atoms. The lowest BCUT2D eigenvalue weighted by molar-refractivity contribution is -0.174. The van der Waals surface area contributed by atoms with Gasteiger partial charge in [0.1, 0.15) is 6.10 Å². The van der Waals surface area contributed by atoms with Gasteiger partial charge in [0.2, 0.25) is 0 Å². The molecule has 1 atom stereocenters. The van der Waals surface area contributed by atoms with Crippen LogP contribution in [-0.2, 0) is 9.47 Å². The third-order valence-corrected chi connectivity index (χ3v) is 2.19. The summed E-state index contributed by atoms with van der Waals surface area (Å²) in [6, 6.07) is 0. The van der Waals surface area contributed by atoms with Crippen LogP contribution in [0.5, 0.6) is 0 Å². The second kappa shape index (κ2) is 3.52. The Morgan fingerprint density at radius 2 is 2.09 bits per heavy atom. The molecule has 66 valence electrons. The highest BCUT2D eigenvalue weighted by Crippen LogP contribution is 2.29. The molecule has 0 spiro atoms. The molecule has 1 fully saturated rings. The highest BCUT2D eigenvalue weighted by molar-refractivity contribution is 4.75. The molecule has 0 aliphatic carbocycles. The van der Waals surface area contributed by atoms with Crippen LogP contribution in [0.4, 0.5) is 0 Å². The Labute approximate surface area is 67.3 Å². The third kappa shape index (κ3) is 1.72. The molecule has 0 aromatic heterocycles. The first-order valence-electron chi connectivity index (χ1n) is 4.19. The molecule has 0 aromatic rings. The Kier molecular flexibility index (Phi) is 2.87. The van der Waals surface area contributed by atoms with Crippen molar-refractivity contribution in [3.63, 3.8) is 0 Å². The summed E-state index contributed by atoms with van der Waals surface area (Å²) >= 11 is 0. The van der Waals surface area contributed by atoms with Crippen molar-refractivity contribution < 1.29 is 14.6 Å². The van der Waals surface area contributed by atoms with Crippen molar-refractivity contribution >= 4 is 0 Å². The average molecular weight is 160 g/mol. The summed E-state index contributed by atoms with van der Waals surface area (Å²) in [6.07, 6.45) is 1.58. The topological polar surface area (TPSA) is 38.7 Å². The lowest BCUT2D eigenvalue weighted by Gasteiger charge is -2.24. The van der Waals surface area contributed by atoms with Gasteiger partial charge < -0.3 is 14.6 Å². The fraction of sp³-hybridized carbons (Fsp3) is 1.00. The molecule has 0 saturated carbocycles.